The molecular weight excluding hydrogens is 423 g/mol. The molecule has 8 nitrogen and oxygen atoms in total. The second-order valence-electron chi connectivity index (χ2n) is 7.49. The lowest BCUT2D eigenvalue weighted by Gasteiger charge is -2.08. The van der Waals surface area contributed by atoms with Crippen LogP contribution in [0.25, 0.3) is 27.9 Å². The molecule has 0 bridgehead atoms. The van der Waals surface area contributed by atoms with E-state index in [9.17, 15) is 9.18 Å². The largest absolute Gasteiger partial charge is 0.395 e. The van der Waals surface area contributed by atoms with Crippen LogP contribution in [0.4, 0.5) is 4.39 Å². The number of halogens is 1. The number of aromatic nitrogens is 5. The lowest BCUT2D eigenvalue weighted by atomic mass is 10.1. The molecule has 0 saturated heterocycles. The van der Waals surface area contributed by atoms with Crippen molar-refractivity contribution in [1.82, 2.24) is 29.9 Å². The predicted octanol–water partition coefficient (Wildman–Crippen LogP) is 2.79. The summed E-state index contributed by atoms with van der Waals surface area (Å²) in [6, 6.07) is 14.2. The van der Waals surface area contributed by atoms with Crippen molar-refractivity contribution < 1.29 is 14.3 Å². The number of aliphatic hydroxyl groups is 1. The van der Waals surface area contributed by atoms with Gasteiger partial charge in [0, 0.05) is 30.1 Å². The van der Waals surface area contributed by atoms with Crippen LogP contribution in [0.15, 0.2) is 67.1 Å². The van der Waals surface area contributed by atoms with E-state index in [1.54, 1.807) is 23.0 Å². The predicted molar refractivity (Wildman–Crippen MR) is 120 cm³/mol. The Hall–Kier alpha value is -4.24. The molecule has 0 spiro atoms. The smallest absolute Gasteiger partial charge is 0.254 e. The number of fused-ring (bicyclic) bond motifs is 2. The maximum Gasteiger partial charge on any atom is 0.254 e. The molecular formula is C24H19FN6O2. The molecule has 0 atom stereocenters. The van der Waals surface area contributed by atoms with Gasteiger partial charge in [-0.05, 0) is 35.9 Å². The van der Waals surface area contributed by atoms with Crippen LogP contribution in [0.3, 0.4) is 0 Å². The number of rotatable bonds is 6. The third-order valence-electron chi connectivity index (χ3n) is 5.26. The lowest BCUT2D eigenvalue weighted by Crippen LogP contribution is -2.27. The van der Waals surface area contributed by atoms with E-state index in [2.05, 4.69) is 31.4 Å². The fraction of sp³-hybridized carbons (Fsp3) is 0.125. The third-order valence-corrected chi connectivity index (χ3v) is 5.26. The van der Waals surface area contributed by atoms with Gasteiger partial charge in [-0.2, -0.15) is 5.10 Å². The highest BCUT2D eigenvalue weighted by Crippen LogP contribution is 2.21. The summed E-state index contributed by atoms with van der Waals surface area (Å²) in [6.45, 7) is -0.163. The molecule has 0 radical (unpaired) electrons. The van der Waals surface area contributed by atoms with Crippen LogP contribution in [-0.4, -0.2) is 48.7 Å². The second-order valence-corrected chi connectivity index (χ2v) is 7.49. The number of amides is 1. The molecule has 5 aromatic rings. The first kappa shape index (κ1) is 20.7. The summed E-state index contributed by atoms with van der Waals surface area (Å²) in [5.74, 6) is -0.825. The molecule has 2 N–H and O–H groups in total. The number of imidazole rings is 1. The van der Waals surface area contributed by atoms with E-state index < -0.39 is 11.7 Å². The van der Waals surface area contributed by atoms with Crippen molar-refractivity contribution >= 4 is 22.6 Å². The first-order valence-corrected chi connectivity index (χ1v) is 10.3. The van der Waals surface area contributed by atoms with Gasteiger partial charge in [0.1, 0.15) is 11.5 Å². The molecule has 9 heteroatoms. The number of benzene rings is 2. The molecule has 2 aromatic carbocycles. The Labute approximate surface area is 187 Å². The van der Waals surface area contributed by atoms with Crippen LogP contribution in [-0.2, 0) is 6.42 Å². The van der Waals surface area contributed by atoms with Crippen molar-refractivity contribution in [2.45, 2.75) is 6.42 Å². The number of hydrogen-bond donors (Lipinski definition) is 2. The maximum absolute atomic E-state index is 14.6. The van der Waals surface area contributed by atoms with Crippen LogP contribution in [0.2, 0.25) is 0 Å². The SMILES string of the molecule is O=C(NCCO)c1ccc(-c2cnc3ncc(Cc4ccc5ncccc5c4)n3n2)cc1F. The average Bonchev–Trinajstić information content (AvgIpc) is 3.24. The standard InChI is InChI=1S/C24H19FN6O2/c25-20-12-17(4-5-19(20)23(33)27-8-9-32)22-14-29-24-28-13-18(31(24)30-22)11-15-3-6-21-16(10-15)2-1-7-26-21/h1-7,10,12-14,32H,8-9,11H2,(H,27,33). The maximum atomic E-state index is 14.6. The first-order chi connectivity index (χ1) is 16.1. The van der Waals surface area contributed by atoms with Crippen LogP contribution in [0.1, 0.15) is 21.6 Å². The normalized spacial score (nSPS) is 11.2. The molecule has 1 amide bonds. The van der Waals surface area contributed by atoms with E-state index in [4.69, 9.17) is 5.11 Å². The summed E-state index contributed by atoms with van der Waals surface area (Å²) in [5, 5.41) is 16.9. The Morgan fingerprint density at radius 3 is 2.79 bits per heavy atom. The van der Waals surface area contributed by atoms with Crippen molar-refractivity contribution in [3.8, 4) is 11.3 Å². The van der Waals surface area contributed by atoms with E-state index >= 15 is 0 Å². The van der Waals surface area contributed by atoms with Gasteiger partial charge in [-0.25, -0.2) is 18.9 Å². The molecule has 164 valence electrons. The zero-order chi connectivity index (χ0) is 22.8. The highest BCUT2D eigenvalue weighted by atomic mass is 19.1. The van der Waals surface area contributed by atoms with Gasteiger partial charge in [-0.15, -0.1) is 0 Å². The summed E-state index contributed by atoms with van der Waals surface area (Å²) < 4.78 is 16.2. The first-order valence-electron chi connectivity index (χ1n) is 10.3. The van der Waals surface area contributed by atoms with Crippen molar-refractivity contribution in [1.29, 1.82) is 0 Å². The number of hydrogen-bond acceptors (Lipinski definition) is 6. The highest BCUT2D eigenvalue weighted by molar-refractivity contribution is 5.94. The van der Waals surface area contributed by atoms with E-state index in [0.29, 0.717) is 23.5 Å². The molecule has 0 aliphatic rings. The molecule has 33 heavy (non-hydrogen) atoms. The Bertz CT molecular complexity index is 1480. The Morgan fingerprint density at radius 1 is 1.06 bits per heavy atom. The molecule has 3 aromatic heterocycles. The fourth-order valence-corrected chi connectivity index (χ4v) is 3.64. The van der Waals surface area contributed by atoms with Crippen LogP contribution >= 0.6 is 0 Å². The van der Waals surface area contributed by atoms with E-state index in [1.165, 1.54) is 18.3 Å². The topological polar surface area (TPSA) is 105 Å². The van der Waals surface area contributed by atoms with Crippen LogP contribution < -0.4 is 5.32 Å². The Balaban J connectivity index is 1.45. The van der Waals surface area contributed by atoms with Gasteiger partial charge in [0.15, 0.2) is 0 Å². The highest BCUT2D eigenvalue weighted by Gasteiger charge is 2.14. The summed E-state index contributed by atoms with van der Waals surface area (Å²) in [6.07, 6.45) is 5.60. The van der Waals surface area contributed by atoms with Gasteiger partial charge >= 0.3 is 0 Å². The van der Waals surface area contributed by atoms with Crippen molar-refractivity contribution in [2.24, 2.45) is 0 Å². The van der Waals surface area contributed by atoms with Gasteiger partial charge in [0.25, 0.3) is 11.7 Å². The fourth-order valence-electron chi connectivity index (χ4n) is 3.64. The molecule has 5 rings (SSSR count). The lowest BCUT2D eigenvalue weighted by molar-refractivity contribution is 0.0940. The van der Waals surface area contributed by atoms with Gasteiger partial charge in [0.2, 0.25) is 0 Å². The molecule has 0 unspecified atom stereocenters. The van der Waals surface area contributed by atoms with Gasteiger partial charge in [0.05, 0.1) is 35.8 Å². The Kier molecular flexibility index (Phi) is 5.45. The number of carbonyl (C=O) groups excluding carboxylic acids is 1. The quantitative estimate of drug-likeness (QED) is 0.419. The average molecular weight is 442 g/mol. The van der Waals surface area contributed by atoms with E-state index in [1.807, 2.05) is 24.3 Å². The third kappa shape index (κ3) is 4.13. The van der Waals surface area contributed by atoms with Gasteiger partial charge in [-0.1, -0.05) is 18.2 Å². The number of pyridine rings is 1. The Morgan fingerprint density at radius 2 is 1.94 bits per heavy atom. The second kappa shape index (κ2) is 8.71. The minimum atomic E-state index is -0.680. The summed E-state index contributed by atoms with van der Waals surface area (Å²) in [7, 11) is 0. The van der Waals surface area contributed by atoms with Gasteiger partial charge in [-0.3, -0.25) is 9.78 Å². The van der Waals surface area contributed by atoms with Crippen molar-refractivity contribution in [3.05, 3.63) is 89.8 Å². The number of aliphatic hydroxyl groups excluding tert-OH is 1. The van der Waals surface area contributed by atoms with Crippen molar-refractivity contribution in [2.75, 3.05) is 13.2 Å². The molecule has 0 saturated carbocycles. The zero-order valence-corrected chi connectivity index (χ0v) is 17.4. The number of carbonyl (C=O) groups is 1. The molecule has 3 heterocycles. The van der Waals surface area contributed by atoms with Crippen LogP contribution in [0, 0.1) is 5.82 Å². The molecule has 0 fully saturated rings. The van der Waals surface area contributed by atoms with E-state index in [0.717, 1.165) is 22.2 Å². The summed E-state index contributed by atoms with van der Waals surface area (Å²) in [5.41, 5.74) is 3.67. The number of nitrogens with zero attached hydrogens (tertiary/aromatic N) is 5. The van der Waals surface area contributed by atoms with Gasteiger partial charge < -0.3 is 10.4 Å². The molecule has 0 aliphatic heterocycles. The zero-order valence-electron chi connectivity index (χ0n) is 17.4. The summed E-state index contributed by atoms with van der Waals surface area (Å²) >= 11 is 0. The minimum Gasteiger partial charge on any atom is -0.395 e. The van der Waals surface area contributed by atoms with E-state index in [-0.39, 0.29) is 18.7 Å². The van der Waals surface area contributed by atoms with Crippen molar-refractivity contribution in [3.63, 3.8) is 0 Å². The minimum absolute atomic E-state index is 0.0549. The molecule has 0 aliphatic carbocycles. The monoisotopic (exact) mass is 442 g/mol. The summed E-state index contributed by atoms with van der Waals surface area (Å²) in [4.78, 5) is 25.0. The number of nitrogens with one attached hydrogen (secondary N) is 1. The van der Waals surface area contributed by atoms with Crippen LogP contribution in [0.5, 0.6) is 0 Å².